The van der Waals surface area contributed by atoms with E-state index in [1.807, 2.05) is 31.2 Å². The zero-order chi connectivity index (χ0) is 11.1. The van der Waals surface area contributed by atoms with Gasteiger partial charge in [-0.15, -0.1) is 0 Å². The number of hydrogen-bond donors (Lipinski definition) is 2. The van der Waals surface area contributed by atoms with Gasteiger partial charge in [0.25, 0.3) is 0 Å². The first-order valence-electron chi connectivity index (χ1n) is 4.81. The van der Waals surface area contributed by atoms with E-state index >= 15 is 0 Å². The quantitative estimate of drug-likeness (QED) is 0.430. The van der Waals surface area contributed by atoms with Crippen molar-refractivity contribution in [1.29, 1.82) is 0 Å². The Hall–Kier alpha value is -1.84. The van der Waals surface area contributed by atoms with Crippen LogP contribution in [0.3, 0.4) is 0 Å². The Morgan fingerprint density at radius 1 is 1.27 bits per heavy atom. The third kappa shape index (κ3) is 3.81. The second kappa shape index (κ2) is 5.80. The standard InChI is InChI=1S/C11H16N4/c1-9-2-4-10(5-3-9)11(13)15-7-6-14-8-12/h2-5,8H,6-7H2,1H3,(H2,12,14)(H2,13,15). The normalized spacial score (nSPS) is 12.2. The van der Waals surface area contributed by atoms with Crippen LogP contribution in [0, 0.1) is 6.92 Å². The van der Waals surface area contributed by atoms with Gasteiger partial charge in [-0.05, 0) is 6.92 Å². The Labute approximate surface area is 89.7 Å². The van der Waals surface area contributed by atoms with Crippen LogP contribution in [0.4, 0.5) is 0 Å². The van der Waals surface area contributed by atoms with Crippen LogP contribution >= 0.6 is 0 Å². The largest absolute Gasteiger partial charge is 0.390 e. The molecule has 15 heavy (non-hydrogen) atoms. The van der Waals surface area contributed by atoms with E-state index in [1.54, 1.807) is 0 Å². The van der Waals surface area contributed by atoms with Crippen molar-refractivity contribution in [3.8, 4) is 0 Å². The summed E-state index contributed by atoms with van der Waals surface area (Å²) in [5.41, 5.74) is 13.0. The van der Waals surface area contributed by atoms with Crippen molar-refractivity contribution in [2.45, 2.75) is 6.92 Å². The minimum atomic E-state index is 0.544. The summed E-state index contributed by atoms with van der Waals surface area (Å²) in [6.07, 6.45) is 1.28. The molecule has 0 amide bonds. The molecule has 0 saturated carbocycles. The summed E-state index contributed by atoms with van der Waals surface area (Å²) < 4.78 is 0. The summed E-state index contributed by atoms with van der Waals surface area (Å²) in [5.74, 6) is 0.544. The van der Waals surface area contributed by atoms with Crippen molar-refractivity contribution in [3.05, 3.63) is 35.4 Å². The van der Waals surface area contributed by atoms with E-state index in [-0.39, 0.29) is 0 Å². The average Bonchev–Trinajstić information content (AvgIpc) is 2.25. The number of hydrogen-bond acceptors (Lipinski definition) is 2. The van der Waals surface area contributed by atoms with Crippen LogP contribution in [-0.2, 0) is 0 Å². The summed E-state index contributed by atoms with van der Waals surface area (Å²) in [4.78, 5) is 8.03. The van der Waals surface area contributed by atoms with Gasteiger partial charge >= 0.3 is 0 Å². The molecule has 0 aromatic heterocycles. The maximum Gasteiger partial charge on any atom is 0.125 e. The first kappa shape index (κ1) is 11.2. The van der Waals surface area contributed by atoms with Crippen LogP contribution < -0.4 is 11.5 Å². The molecule has 0 heterocycles. The van der Waals surface area contributed by atoms with Crippen LogP contribution in [-0.4, -0.2) is 25.3 Å². The highest BCUT2D eigenvalue weighted by atomic mass is 14.9. The third-order valence-electron chi connectivity index (χ3n) is 1.96. The zero-order valence-electron chi connectivity index (χ0n) is 8.85. The Bertz CT molecular complexity index is 351. The van der Waals surface area contributed by atoms with Gasteiger partial charge in [-0.25, -0.2) is 0 Å². The average molecular weight is 204 g/mol. The maximum atomic E-state index is 5.79. The molecule has 4 heteroatoms. The summed E-state index contributed by atoms with van der Waals surface area (Å²) in [5, 5.41) is 0. The van der Waals surface area contributed by atoms with Gasteiger partial charge < -0.3 is 11.5 Å². The lowest BCUT2D eigenvalue weighted by Gasteiger charge is -2.00. The maximum absolute atomic E-state index is 5.79. The Kier molecular flexibility index (Phi) is 4.34. The highest BCUT2D eigenvalue weighted by molar-refractivity contribution is 5.97. The van der Waals surface area contributed by atoms with Gasteiger partial charge in [-0.1, -0.05) is 29.8 Å². The van der Waals surface area contributed by atoms with Gasteiger partial charge in [-0.2, -0.15) is 0 Å². The molecule has 0 radical (unpaired) electrons. The van der Waals surface area contributed by atoms with Gasteiger partial charge in [-0.3, -0.25) is 9.98 Å². The van der Waals surface area contributed by atoms with Crippen molar-refractivity contribution < 1.29 is 0 Å². The highest BCUT2D eigenvalue weighted by Gasteiger charge is 1.96. The lowest BCUT2D eigenvalue weighted by molar-refractivity contribution is 0.975. The van der Waals surface area contributed by atoms with Gasteiger partial charge in [0, 0.05) is 5.56 Å². The van der Waals surface area contributed by atoms with E-state index in [1.165, 1.54) is 11.9 Å². The number of nitrogens with two attached hydrogens (primary N) is 2. The van der Waals surface area contributed by atoms with E-state index in [0.717, 1.165) is 5.56 Å². The molecule has 1 aromatic rings. The van der Waals surface area contributed by atoms with Crippen LogP contribution in [0.15, 0.2) is 34.3 Å². The summed E-state index contributed by atoms with van der Waals surface area (Å²) in [6.45, 7) is 3.17. The van der Waals surface area contributed by atoms with E-state index in [4.69, 9.17) is 11.5 Å². The summed E-state index contributed by atoms with van der Waals surface area (Å²) in [7, 11) is 0. The third-order valence-corrected chi connectivity index (χ3v) is 1.96. The zero-order valence-corrected chi connectivity index (χ0v) is 8.85. The van der Waals surface area contributed by atoms with Crippen molar-refractivity contribution in [2.75, 3.05) is 13.1 Å². The van der Waals surface area contributed by atoms with Crippen LogP contribution in [0.2, 0.25) is 0 Å². The summed E-state index contributed by atoms with van der Waals surface area (Å²) in [6, 6.07) is 7.94. The molecule has 4 N–H and O–H groups in total. The lowest BCUT2D eigenvalue weighted by Crippen LogP contribution is -2.14. The smallest absolute Gasteiger partial charge is 0.125 e. The molecule has 0 spiro atoms. The molecular formula is C11H16N4. The van der Waals surface area contributed by atoms with Crippen molar-refractivity contribution in [3.63, 3.8) is 0 Å². The molecule has 4 nitrogen and oxygen atoms in total. The fraction of sp³-hybridized carbons (Fsp3) is 0.273. The van der Waals surface area contributed by atoms with Crippen molar-refractivity contribution in [1.82, 2.24) is 0 Å². The minimum Gasteiger partial charge on any atom is -0.390 e. The molecule has 0 atom stereocenters. The lowest BCUT2D eigenvalue weighted by atomic mass is 10.1. The molecule has 0 fully saturated rings. The number of rotatable bonds is 4. The fourth-order valence-corrected chi connectivity index (χ4v) is 1.12. The Balaban J connectivity index is 2.59. The molecule has 80 valence electrons. The monoisotopic (exact) mass is 204 g/mol. The van der Waals surface area contributed by atoms with Gasteiger partial charge in [0.15, 0.2) is 0 Å². The molecular weight excluding hydrogens is 188 g/mol. The van der Waals surface area contributed by atoms with E-state index in [0.29, 0.717) is 18.9 Å². The number of amidine groups is 1. The van der Waals surface area contributed by atoms with Crippen LogP contribution in [0.1, 0.15) is 11.1 Å². The fourth-order valence-electron chi connectivity index (χ4n) is 1.12. The van der Waals surface area contributed by atoms with Crippen molar-refractivity contribution in [2.24, 2.45) is 21.5 Å². The molecule has 1 rings (SSSR count). The molecule has 1 aromatic carbocycles. The predicted octanol–water partition coefficient (Wildman–Crippen LogP) is 0.687. The minimum absolute atomic E-state index is 0.544. The Morgan fingerprint density at radius 3 is 2.53 bits per heavy atom. The van der Waals surface area contributed by atoms with Crippen LogP contribution in [0.25, 0.3) is 0 Å². The Morgan fingerprint density at radius 2 is 1.93 bits per heavy atom. The molecule has 0 unspecified atom stereocenters. The molecule has 0 aliphatic carbocycles. The van der Waals surface area contributed by atoms with Gasteiger partial charge in [0.2, 0.25) is 0 Å². The molecule has 0 bridgehead atoms. The number of nitrogens with zero attached hydrogens (tertiary/aromatic N) is 2. The van der Waals surface area contributed by atoms with E-state index < -0.39 is 0 Å². The highest BCUT2D eigenvalue weighted by Crippen LogP contribution is 2.02. The van der Waals surface area contributed by atoms with E-state index in [9.17, 15) is 0 Å². The van der Waals surface area contributed by atoms with E-state index in [2.05, 4.69) is 9.98 Å². The van der Waals surface area contributed by atoms with Crippen molar-refractivity contribution >= 4 is 12.2 Å². The number of benzene rings is 1. The number of aryl methyl sites for hydroxylation is 1. The molecule has 0 saturated heterocycles. The van der Waals surface area contributed by atoms with Gasteiger partial charge in [0.1, 0.15) is 5.84 Å². The SMILES string of the molecule is Cc1ccc(C(N)=NCCN=CN)cc1. The predicted molar refractivity (Wildman–Crippen MR) is 64.3 cm³/mol. The van der Waals surface area contributed by atoms with Gasteiger partial charge in [0.05, 0.1) is 19.4 Å². The molecule has 0 aliphatic heterocycles. The number of aliphatic imine (C=N–C) groups is 2. The first-order chi connectivity index (χ1) is 7.24. The topological polar surface area (TPSA) is 76.8 Å². The summed E-state index contributed by atoms with van der Waals surface area (Å²) >= 11 is 0. The second-order valence-electron chi connectivity index (χ2n) is 3.19. The van der Waals surface area contributed by atoms with Crippen LogP contribution in [0.5, 0.6) is 0 Å². The first-order valence-corrected chi connectivity index (χ1v) is 4.81. The molecule has 0 aliphatic rings. The second-order valence-corrected chi connectivity index (χ2v) is 3.19.